The number of piperidine rings is 1. The lowest BCUT2D eigenvalue weighted by Gasteiger charge is -2.28. The average Bonchev–Trinajstić information content (AvgIpc) is 3.39. The first-order valence-electron chi connectivity index (χ1n) is 12.6. The number of anilines is 1. The number of morpholine rings is 1. The molecule has 0 radical (unpaired) electrons. The third-order valence-corrected chi connectivity index (χ3v) is 7.08. The highest BCUT2D eigenvalue weighted by Crippen LogP contribution is 2.34. The van der Waals surface area contributed by atoms with Gasteiger partial charge in [0.2, 0.25) is 0 Å². The first-order valence-corrected chi connectivity index (χ1v) is 12.6. The van der Waals surface area contributed by atoms with Gasteiger partial charge in [-0.05, 0) is 79.0 Å². The summed E-state index contributed by atoms with van der Waals surface area (Å²) in [4.78, 5) is 10.4. The molecule has 36 heavy (non-hydrogen) atoms. The van der Waals surface area contributed by atoms with Gasteiger partial charge in [0.15, 0.2) is 0 Å². The van der Waals surface area contributed by atoms with Crippen molar-refractivity contribution in [2.75, 3.05) is 44.3 Å². The third-order valence-electron chi connectivity index (χ3n) is 7.08. The second kappa shape index (κ2) is 10.0. The van der Waals surface area contributed by atoms with Crippen molar-refractivity contribution in [3.8, 4) is 34.2 Å². The second-order valence-corrected chi connectivity index (χ2v) is 9.34. The molecule has 0 amide bonds. The minimum atomic E-state index is 0.152. The molecule has 0 spiro atoms. The van der Waals surface area contributed by atoms with Crippen LogP contribution in [0.25, 0.3) is 33.4 Å². The van der Waals surface area contributed by atoms with E-state index in [-0.39, 0.29) is 6.10 Å². The maximum absolute atomic E-state index is 9.83. The van der Waals surface area contributed by atoms with E-state index in [0.29, 0.717) is 11.3 Å². The molecule has 2 saturated heterocycles. The van der Waals surface area contributed by atoms with E-state index in [1.54, 1.807) is 0 Å². The number of aromatic amines is 1. The number of nitrogens with one attached hydrogen (secondary N) is 2. The highest BCUT2D eigenvalue weighted by molar-refractivity contribution is 5.96. The molecule has 2 aliphatic rings. The van der Waals surface area contributed by atoms with Crippen molar-refractivity contribution in [2.45, 2.75) is 18.9 Å². The summed E-state index contributed by atoms with van der Waals surface area (Å²) in [6, 6.07) is 21.0. The lowest BCUT2D eigenvalue weighted by molar-refractivity contribution is 0.122. The topological polar surface area (TPSA) is 86.2 Å². The molecule has 4 heterocycles. The molecule has 2 aliphatic heterocycles. The molecular formula is C29H29N5O2. The Kier molecular flexibility index (Phi) is 6.29. The molecule has 2 fully saturated rings. The Bertz CT molecular complexity index is 1390. The van der Waals surface area contributed by atoms with E-state index in [0.717, 1.165) is 85.7 Å². The molecule has 182 valence electrons. The van der Waals surface area contributed by atoms with Crippen LogP contribution < -0.4 is 15.0 Å². The van der Waals surface area contributed by atoms with E-state index in [1.807, 2.05) is 30.5 Å². The minimum Gasteiger partial charge on any atom is -0.489 e. The number of H-pyrrole nitrogens is 1. The number of pyridine rings is 1. The molecule has 7 nitrogen and oxygen atoms in total. The van der Waals surface area contributed by atoms with Crippen molar-refractivity contribution in [2.24, 2.45) is 0 Å². The predicted molar refractivity (Wildman–Crippen MR) is 141 cm³/mol. The van der Waals surface area contributed by atoms with Gasteiger partial charge >= 0.3 is 0 Å². The highest BCUT2D eigenvalue weighted by atomic mass is 16.5. The molecule has 6 rings (SSSR count). The summed E-state index contributed by atoms with van der Waals surface area (Å²) in [5.74, 6) is 0.661. The van der Waals surface area contributed by atoms with Crippen molar-refractivity contribution in [1.29, 1.82) is 5.26 Å². The number of aromatic nitrogens is 2. The van der Waals surface area contributed by atoms with E-state index in [9.17, 15) is 5.26 Å². The van der Waals surface area contributed by atoms with Gasteiger partial charge in [0, 0.05) is 36.1 Å². The van der Waals surface area contributed by atoms with Crippen LogP contribution in [0.1, 0.15) is 18.4 Å². The van der Waals surface area contributed by atoms with Gasteiger partial charge in [0.05, 0.1) is 18.8 Å². The van der Waals surface area contributed by atoms with Gasteiger partial charge in [0.25, 0.3) is 0 Å². The van der Waals surface area contributed by atoms with Crippen LogP contribution in [0.5, 0.6) is 5.75 Å². The fourth-order valence-electron chi connectivity index (χ4n) is 5.09. The van der Waals surface area contributed by atoms with Gasteiger partial charge in [0.1, 0.15) is 23.6 Å². The van der Waals surface area contributed by atoms with Gasteiger partial charge in [-0.3, -0.25) is 0 Å². The summed E-state index contributed by atoms with van der Waals surface area (Å²) in [5.41, 5.74) is 6.75. The number of fused-ring (bicyclic) bond motifs is 1. The summed E-state index contributed by atoms with van der Waals surface area (Å²) in [6.45, 7) is 5.29. The molecule has 0 saturated carbocycles. The fraction of sp³-hybridized carbons (Fsp3) is 0.310. The Morgan fingerprint density at radius 1 is 0.972 bits per heavy atom. The number of nitrogens with zero attached hydrogens (tertiary/aromatic N) is 3. The fourth-order valence-corrected chi connectivity index (χ4v) is 5.09. The Morgan fingerprint density at radius 2 is 1.75 bits per heavy atom. The minimum absolute atomic E-state index is 0.152. The van der Waals surface area contributed by atoms with Gasteiger partial charge in [-0.25, -0.2) is 4.98 Å². The van der Waals surface area contributed by atoms with Crippen LogP contribution in [-0.2, 0) is 4.74 Å². The monoisotopic (exact) mass is 479 g/mol. The van der Waals surface area contributed by atoms with E-state index < -0.39 is 0 Å². The van der Waals surface area contributed by atoms with Crippen LogP contribution in [0.2, 0.25) is 0 Å². The number of hydrogen-bond acceptors (Lipinski definition) is 6. The molecule has 7 heteroatoms. The van der Waals surface area contributed by atoms with Crippen LogP contribution in [0.3, 0.4) is 0 Å². The highest BCUT2D eigenvalue weighted by Gasteiger charge is 2.18. The number of ether oxygens (including phenoxy) is 2. The first-order chi connectivity index (χ1) is 17.8. The van der Waals surface area contributed by atoms with Gasteiger partial charge in [-0.15, -0.1) is 0 Å². The van der Waals surface area contributed by atoms with Crippen molar-refractivity contribution in [3.63, 3.8) is 0 Å². The van der Waals surface area contributed by atoms with Gasteiger partial charge in [-0.2, -0.15) is 5.26 Å². The van der Waals surface area contributed by atoms with Crippen molar-refractivity contribution in [3.05, 3.63) is 66.4 Å². The Labute approximate surface area is 210 Å². The van der Waals surface area contributed by atoms with Crippen LogP contribution in [0, 0.1) is 11.3 Å². The van der Waals surface area contributed by atoms with Crippen LogP contribution in [0.4, 0.5) is 5.69 Å². The van der Waals surface area contributed by atoms with Gasteiger partial charge in [-0.1, -0.05) is 18.2 Å². The Hall–Kier alpha value is -3.86. The van der Waals surface area contributed by atoms with E-state index in [4.69, 9.17) is 9.47 Å². The lowest BCUT2D eigenvalue weighted by Crippen LogP contribution is -2.36. The summed E-state index contributed by atoms with van der Waals surface area (Å²) >= 11 is 0. The Balaban J connectivity index is 1.29. The average molecular weight is 480 g/mol. The van der Waals surface area contributed by atoms with Crippen LogP contribution in [-0.4, -0.2) is 55.5 Å². The smallest absolute Gasteiger partial charge is 0.138 e. The summed E-state index contributed by atoms with van der Waals surface area (Å²) in [7, 11) is 0. The number of benzene rings is 2. The Morgan fingerprint density at radius 3 is 2.53 bits per heavy atom. The number of rotatable bonds is 5. The molecule has 0 bridgehead atoms. The van der Waals surface area contributed by atoms with Crippen LogP contribution >= 0.6 is 0 Å². The molecule has 0 atom stereocenters. The molecule has 2 aromatic carbocycles. The van der Waals surface area contributed by atoms with Gasteiger partial charge < -0.3 is 24.7 Å². The third kappa shape index (κ3) is 4.53. The van der Waals surface area contributed by atoms with Crippen molar-refractivity contribution < 1.29 is 9.47 Å². The molecule has 0 aliphatic carbocycles. The zero-order valence-electron chi connectivity index (χ0n) is 20.2. The molecular weight excluding hydrogens is 450 g/mol. The summed E-state index contributed by atoms with van der Waals surface area (Å²) < 4.78 is 11.6. The lowest BCUT2D eigenvalue weighted by atomic mass is 10.0. The van der Waals surface area contributed by atoms with Crippen molar-refractivity contribution in [1.82, 2.24) is 15.3 Å². The normalized spacial score (nSPS) is 16.7. The molecule has 2 aromatic heterocycles. The molecule has 4 aromatic rings. The maximum atomic E-state index is 9.83. The van der Waals surface area contributed by atoms with E-state index in [2.05, 4.69) is 56.6 Å². The predicted octanol–water partition coefficient (Wildman–Crippen LogP) is 4.74. The largest absolute Gasteiger partial charge is 0.489 e. The maximum Gasteiger partial charge on any atom is 0.138 e. The zero-order chi connectivity index (χ0) is 24.3. The van der Waals surface area contributed by atoms with Crippen molar-refractivity contribution >= 4 is 16.7 Å². The zero-order valence-corrected chi connectivity index (χ0v) is 20.2. The summed E-state index contributed by atoms with van der Waals surface area (Å²) in [6.07, 6.45) is 3.87. The molecule has 2 N–H and O–H groups in total. The standard InChI is InChI=1S/C29H29N5O2/c30-19-22-17-21(3-6-28(22)36-24-7-10-31-11-8-24)25-9-12-32-29-26(25)18-27(33-29)20-1-4-23(5-2-20)34-13-15-35-16-14-34/h1-6,9,12,17-18,24,31H,7-8,10-11,13-16H2,(H,32,33). The number of hydrogen-bond donors (Lipinski definition) is 2. The molecule has 0 unspecified atom stereocenters. The number of nitriles is 1. The van der Waals surface area contributed by atoms with Crippen LogP contribution in [0.15, 0.2) is 60.8 Å². The second-order valence-electron chi connectivity index (χ2n) is 9.34. The quantitative estimate of drug-likeness (QED) is 0.430. The summed E-state index contributed by atoms with van der Waals surface area (Å²) in [5, 5.41) is 14.2. The SMILES string of the molecule is N#Cc1cc(-c2ccnc3[nH]c(-c4ccc(N5CCOCC5)cc4)cc23)ccc1OC1CCNCC1. The van der Waals surface area contributed by atoms with E-state index >= 15 is 0 Å². The van der Waals surface area contributed by atoms with E-state index in [1.165, 1.54) is 5.69 Å². The first kappa shape index (κ1) is 22.6.